The number of pyridine rings is 1. The number of carbonyl (C=O) groups is 1. The van der Waals surface area contributed by atoms with E-state index in [0.717, 1.165) is 31.5 Å². The van der Waals surface area contributed by atoms with Crippen molar-refractivity contribution in [3.05, 3.63) is 82.1 Å². The van der Waals surface area contributed by atoms with Gasteiger partial charge in [0.1, 0.15) is 0 Å². The lowest BCUT2D eigenvalue weighted by atomic mass is 9.96. The van der Waals surface area contributed by atoms with Gasteiger partial charge in [-0.05, 0) is 73.7 Å². The van der Waals surface area contributed by atoms with E-state index in [1.807, 2.05) is 43.6 Å². The molecule has 1 fully saturated rings. The zero-order valence-corrected chi connectivity index (χ0v) is 21.9. The Bertz CT molecular complexity index is 1150. The average molecular weight is 528 g/mol. The van der Waals surface area contributed by atoms with E-state index in [1.165, 1.54) is 5.69 Å². The molecular weight excluding hydrogens is 497 g/mol. The summed E-state index contributed by atoms with van der Waals surface area (Å²) in [4.78, 5) is 19.4. The Balaban J connectivity index is 1.31. The highest BCUT2D eigenvalue weighted by atomic mass is 35.5. The van der Waals surface area contributed by atoms with E-state index in [4.69, 9.17) is 32.7 Å². The number of halogens is 2. The van der Waals surface area contributed by atoms with E-state index in [1.54, 1.807) is 24.3 Å². The van der Waals surface area contributed by atoms with Gasteiger partial charge in [-0.3, -0.25) is 9.78 Å². The van der Waals surface area contributed by atoms with Crippen LogP contribution in [-0.4, -0.2) is 43.7 Å². The quantitative estimate of drug-likeness (QED) is 0.347. The summed E-state index contributed by atoms with van der Waals surface area (Å²) in [6.45, 7) is 5.41. The largest absolute Gasteiger partial charge is 0.490 e. The number of benzene rings is 2. The number of piperidine rings is 1. The van der Waals surface area contributed by atoms with Crippen LogP contribution in [0.4, 0.5) is 5.69 Å². The Morgan fingerprint density at radius 2 is 1.81 bits per heavy atom. The molecule has 1 N–H and O–H groups in total. The third-order valence-corrected chi connectivity index (χ3v) is 6.93. The van der Waals surface area contributed by atoms with Crippen LogP contribution in [0.2, 0.25) is 10.0 Å². The number of nitrogens with zero attached hydrogens (tertiary/aromatic N) is 2. The molecule has 1 aliphatic heterocycles. The van der Waals surface area contributed by atoms with Crippen LogP contribution in [0.25, 0.3) is 0 Å². The molecule has 1 amide bonds. The molecule has 0 aliphatic carbocycles. The van der Waals surface area contributed by atoms with Crippen LogP contribution in [-0.2, 0) is 6.42 Å². The standard InChI is InChI=1S/C28H31Cl2N3O3/c1-2-35-26-6-4-22(17-27(26)36-16-11-21-3-5-23(29)18-25(21)30)28(34)32-19-20-9-14-33(15-10-20)24-7-12-31-13-8-24/h3-8,12-13,17-18,20H,2,9-11,14-16,19H2,1H3,(H,32,34). The summed E-state index contributed by atoms with van der Waals surface area (Å²) in [5.41, 5.74) is 2.70. The number of rotatable bonds is 10. The molecule has 2 aromatic carbocycles. The van der Waals surface area contributed by atoms with Gasteiger partial charge in [-0.1, -0.05) is 29.3 Å². The molecule has 3 aromatic rings. The fourth-order valence-corrected chi connectivity index (χ4v) is 4.82. The molecule has 2 heterocycles. The van der Waals surface area contributed by atoms with E-state index in [-0.39, 0.29) is 5.91 Å². The van der Waals surface area contributed by atoms with Crippen LogP contribution in [0.15, 0.2) is 60.9 Å². The summed E-state index contributed by atoms with van der Waals surface area (Å²) in [5.74, 6) is 1.50. The van der Waals surface area contributed by atoms with E-state index in [0.29, 0.717) is 59.2 Å². The van der Waals surface area contributed by atoms with Crippen LogP contribution in [0.1, 0.15) is 35.7 Å². The first-order chi connectivity index (χ1) is 17.5. The molecule has 0 atom stereocenters. The van der Waals surface area contributed by atoms with Gasteiger partial charge in [0.15, 0.2) is 11.5 Å². The van der Waals surface area contributed by atoms with Crippen molar-refractivity contribution in [3.63, 3.8) is 0 Å². The highest BCUT2D eigenvalue weighted by Gasteiger charge is 2.20. The highest BCUT2D eigenvalue weighted by Crippen LogP contribution is 2.30. The Hall–Kier alpha value is -2.96. The van der Waals surface area contributed by atoms with E-state index >= 15 is 0 Å². The predicted octanol–water partition coefficient (Wildman–Crippen LogP) is 6.06. The Morgan fingerprint density at radius 1 is 1.03 bits per heavy atom. The van der Waals surface area contributed by atoms with Gasteiger partial charge >= 0.3 is 0 Å². The molecule has 1 aliphatic rings. The number of hydrogen-bond donors (Lipinski definition) is 1. The number of nitrogens with one attached hydrogen (secondary N) is 1. The molecule has 0 spiro atoms. The Labute approximate surface area is 222 Å². The first-order valence-electron chi connectivity index (χ1n) is 12.3. The summed E-state index contributed by atoms with van der Waals surface area (Å²) in [5, 5.41) is 4.31. The number of carbonyl (C=O) groups excluding carboxylic acids is 1. The van der Waals surface area contributed by atoms with Gasteiger partial charge in [-0.15, -0.1) is 0 Å². The maximum Gasteiger partial charge on any atom is 0.251 e. The number of hydrogen-bond acceptors (Lipinski definition) is 5. The van der Waals surface area contributed by atoms with Crippen molar-refractivity contribution in [2.24, 2.45) is 5.92 Å². The van der Waals surface area contributed by atoms with Crippen LogP contribution >= 0.6 is 23.2 Å². The lowest BCUT2D eigenvalue weighted by Crippen LogP contribution is -2.38. The summed E-state index contributed by atoms with van der Waals surface area (Å²) in [6, 6.07) is 14.8. The summed E-state index contributed by atoms with van der Waals surface area (Å²) in [7, 11) is 0. The third kappa shape index (κ3) is 7.05. The number of aromatic nitrogens is 1. The van der Waals surface area contributed by atoms with Gasteiger partial charge in [0, 0.05) is 59.7 Å². The lowest BCUT2D eigenvalue weighted by molar-refractivity contribution is 0.0944. The zero-order chi connectivity index (χ0) is 25.3. The van der Waals surface area contributed by atoms with Crippen molar-refractivity contribution < 1.29 is 14.3 Å². The number of anilines is 1. The molecule has 0 bridgehead atoms. The van der Waals surface area contributed by atoms with E-state index in [9.17, 15) is 4.79 Å². The van der Waals surface area contributed by atoms with Crippen molar-refractivity contribution in [3.8, 4) is 11.5 Å². The van der Waals surface area contributed by atoms with E-state index < -0.39 is 0 Å². The minimum Gasteiger partial charge on any atom is -0.490 e. The minimum atomic E-state index is -0.111. The monoisotopic (exact) mass is 527 g/mol. The second-order valence-electron chi connectivity index (χ2n) is 8.77. The van der Waals surface area contributed by atoms with Crippen molar-refractivity contribution in [2.45, 2.75) is 26.2 Å². The molecule has 0 radical (unpaired) electrons. The predicted molar refractivity (Wildman–Crippen MR) is 145 cm³/mol. The van der Waals surface area contributed by atoms with Crippen molar-refractivity contribution in [1.29, 1.82) is 0 Å². The molecule has 1 aromatic heterocycles. The van der Waals surface area contributed by atoms with Gasteiger partial charge < -0.3 is 19.7 Å². The molecule has 0 unspecified atom stereocenters. The minimum absolute atomic E-state index is 0.111. The maximum atomic E-state index is 12.9. The first kappa shape index (κ1) is 26.1. The average Bonchev–Trinajstić information content (AvgIpc) is 2.90. The Kier molecular flexibility index (Phi) is 9.31. The van der Waals surface area contributed by atoms with Crippen molar-refractivity contribution >= 4 is 34.8 Å². The van der Waals surface area contributed by atoms with Gasteiger partial charge in [0.2, 0.25) is 0 Å². The second-order valence-corrected chi connectivity index (χ2v) is 9.62. The Morgan fingerprint density at radius 3 is 2.53 bits per heavy atom. The highest BCUT2D eigenvalue weighted by molar-refractivity contribution is 6.35. The molecule has 190 valence electrons. The second kappa shape index (κ2) is 12.8. The lowest BCUT2D eigenvalue weighted by Gasteiger charge is -2.33. The molecule has 1 saturated heterocycles. The van der Waals surface area contributed by atoms with Gasteiger partial charge in [0.25, 0.3) is 5.91 Å². The topological polar surface area (TPSA) is 63.7 Å². The zero-order valence-electron chi connectivity index (χ0n) is 20.4. The fraction of sp³-hybridized carbons (Fsp3) is 0.357. The summed E-state index contributed by atoms with van der Waals surface area (Å²) in [6.07, 6.45) is 6.32. The molecule has 8 heteroatoms. The van der Waals surface area contributed by atoms with Crippen molar-refractivity contribution in [2.75, 3.05) is 37.7 Å². The van der Waals surface area contributed by atoms with Gasteiger partial charge in [-0.25, -0.2) is 0 Å². The van der Waals surface area contributed by atoms with Gasteiger partial charge in [0.05, 0.1) is 13.2 Å². The van der Waals surface area contributed by atoms with Crippen LogP contribution in [0, 0.1) is 5.92 Å². The summed E-state index contributed by atoms with van der Waals surface area (Å²) < 4.78 is 11.7. The third-order valence-electron chi connectivity index (χ3n) is 6.34. The molecule has 6 nitrogen and oxygen atoms in total. The summed E-state index contributed by atoms with van der Waals surface area (Å²) >= 11 is 12.3. The number of amides is 1. The van der Waals surface area contributed by atoms with Gasteiger partial charge in [-0.2, -0.15) is 0 Å². The molecular formula is C28H31Cl2N3O3. The smallest absolute Gasteiger partial charge is 0.251 e. The fourth-order valence-electron chi connectivity index (χ4n) is 4.32. The number of ether oxygens (including phenoxy) is 2. The SMILES string of the molecule is CCOc1ccc(C(=O)NCC2CCN(c3ccncc3)CC2)cc1OCCc1ccc(Cl)cc1Cl. The van der Waals surface area contributed by atoms with Crippen LogP contribution in [0.5, 0.6) is 11.5 Å². The van der Waals surface area contributed by atoms with Crippen molar-refractivity contribution in [1.82, 2.24) is 10.3 Å². The first-order valence-corrected chi connectivity index (χ1v) is 13.1. The normalized spacial score (nSPS) is 13.9. The molecule has 0 saturated carbocycles. The van der Waals surface area contributed by atoms with E-state index in [2.05, 4.69) is 15.2 Å². The van der Waals surface area contributed by atoms with Crippen LogP contribution < -0.4 is 19.7 Å². The molecule has 4 rings (SSSR count). The maximum absolute atomic E-state index is 12.9. The molecule has 36 heavy (non-hydrogen) atoms. The van der Waals surface area contributed by atoms with Crippen LogP contribution in [0.3, 0.4) is 0 Å².